The number of rotatable bonds is 6. The van der Waals surface area contributed by atoms with Crippen LogP contribution in [-0.2, 0) is 9.59 Å². The number of benzene rings is 2. The van der Waals surface area contributed by atoms with Crippen molar-refractivity contribution in [2.75, 3.05) is 36.3 Å². The molecule has 2 aromatic carbocycles. The van der Waals surface area contributed by atoms with E-state index < -0.39 is 5.91 Å². The second-order valence-corrected chi connectivity index (χ2v) is 8.36. The molecule has 1 aliphatic heterocycles. The lowest BCUT2D eigenvalue weighted by atomic mass is 10.1. The van der Waals surface area contributed by atoms with E-state index in [0.29, 0.717) is 22.7 Å². The van der Waals surface area contributed by atoms with Crippen LogP contribution in [0.2, 0.25) is 0 Å². The molecule has 0 bridgehead atoms. The highest BCUT2D eigenvalue weighted by atomic mass is 32.1. The zero-order valence-corrected chi connectivity index (χ0v) is 18.6. The van der Waals surface area contributed by atoms with Gasteiger partial charge < -0.3 is 15.0 Å². The Labute approximate surface area is 185 Å². The lowest BCUT2D eigenvalue weighted by Crippen LogP contribution is -2.32. The van der Waals surface area contributed by atoms with Gasteiger partial charge in [-0.2, -0.15) is 0 Å². The van der Waals surface area contributed by atoms with Crippen LogP contribution in [0, 0.1) is 6.92 Å². The molecule has 2 heterocycles. The Kier molecular flexibility index (Phi) is 5.52. The highest BCUT2D eigenvalue weighted by Crippen LogP contribution is 2.37. The Bertz CT molecular complexity index is 1180. The van der Waals surface area contributed by atoms with E-state index in [2.05, 4.69) is 5.32 Å². The predicted octanol–water partition coefficient (Wildman–Crippen LogP) is 4.53. The second-order valence-electron chi connectivity index (χ2n) is 7.42. The Hall–Kier alpha value is -3.58. The van der Waals surface area contributed by atoms with Crippen molar-refractivity contribution in [2.45, 2.75) is 6.92 Å². The van der Waals surface area contributed by atoms with Gasteiger partial charge in [0.15, 0.2) is 0 Å². The third-order valence-electron chi connectivity index (χ3n) is 5.07. The van der Waals surface area contributed by atoms with Crippen LogP contribution in [0.1, 0.15) is 10.4 Å². The van der Waals surface area contributed by atoms with E-state index in [9.17, 15) is 9.59 Å². The Morgan fingerprint density at radius 2 is 1.81 bits per heavy atom. The first-order chi connectivity index (χ1) is 14.9. The number of carbonyl (C=O) groups is 2. The molecule has 0 aliphatic carbocycles. The van der Waals surface area contributed by atoms with Crippen molar-refractivity contribution < 1.29 is 14.3 Å². The molecule has 6 nitrogen and oxygen atoms in total. The van der Waals surface area contributed by atoms with Gasteiger partial charge in [-0.3, -0.25) is 9.59 Å². The maximum atomic E-state index is 13.5. The van der Waals surface area contributed by atoms with E-state index in [1.54, 1.807) is 13.2 Å². The summed E-state index contributed by atoms with van der Waals surface area (Å²) in [5.41, 5.74) is 3.68. The number of hydrogen-bond donors (Lipinski definition) is 1. The van der Waals surface area contributed by atoms with E-state index in [4.69, 9.17) is 4.74 Å². The van der Waals surface area contributed by atoms with Crippen LogP contribution in [0.25, 0.3) is 5.57 Å². The Balaban J connectivity index is 1.81. The summed E-state index contributed by atoms with van der Waals surface area (Å²) in [5, 5.41) is 5.08. The monoisotopic (exact) mass is 433 g/mol. The van der Waals surface area contributed by atoms with Gasteiger partial charge in [-0.15, -0.1) is 11.3 Å². The highest BCUT2D eigenvalue weighted by Gasteiger charge is 2.41. The van der Waals surface area contributed by atoms with E-state index in [1.165, 1.54) is 16.2 Å². The lowest BCUT2D eigenvalue weighted by Gasteiger charge is -2.19. The van der Waals surface area contributed by atoms with Crippen LogP contribution in [0.5, 0.6) is 5.75 Å². The van der Waals surface area contributed by atoms with Gasteiger partial charge in [0.2, 0.25) is 0 Å². The molecule has 1 aromatic heterocycles. The third-order valence-corrected chi connectivity index (χ3v) is 5.96. The summed E-state index contributed by atoms with van der Waals surface area (Å²) in [4.78, 5) is 30.9. The maximum Gasteiger partial charge on any atom is 0.282 e. The molecule has 31 heavy (non-hydrogen) atoms. The lowest BCUT2D eigenvalue weighted by molar-refractivity contribution is -0.120. The molecule has 0 saturated carbocycles. The predicted molar refractivity (Wildman–Crippen MR) is 126 cm³/mol. The first kappa shape index (κ1) is 20.7. The maximum absolute atomic E-state index is 13.5. The highest BCUT2D eigenvalue weighted by molar-refractivity contribution is 7.11. The minimum atomic E-state index is -0.395. The smallest absolute Gasteiger partial charge is 0.282 e. The molecule has 0 radical (unpaired) electrons. The second kappa shape index (κ2) is 8.28. The van der Waals surface area contributed by atoms with Crippen molar-refractivity contribution in [3.63, 3.8) is 0 Å². The average molecular weight is 434 g/mol. The topological polar surface area (TPSA) is 61.9 Å². The fraction of sp³-hybridized carbons (Fsp3) is 0.167. The molecule has 4 rings (SSSR count). The number of aryl methyl sites for hydroxylation is 1. The number of nitrogens with one attached hydrogen (secondary N) is 1. The number of anilines is 3. The number of imide groups is 1. The number of thiophene rings is 1. The molecule has 0 atom stereocenters. The molecule has 3 aromatic rings. The minimum Gasteiger partial charge on any atom is -0.495 e. The fourth-order valence-electron chi connectivity index (χ4n) is 3.49. The number of ether oxygens (including phenoxy) is 1. The van der Waals surface area contributed by atoms with Crippen LogP contribution in [0.3, 0.4) is 0 Å². The van der Waals surface area contributed by atoms with E-state index in [0.717, 1.165) is 16.1 Å². The van der Waals surface area contributed by atoms with Crippen molar-refractivity contribution in [2.24, 2.45) is 0 Å². The van der Waals surface area contributed by atoms with Crippen molar-refractivity contribution in [1.82, 2.24) is 0 Å². The molecule has 0 unspecified atom stereocenters. The summed E-state index contributed by atoms with van der Waals surface area (Å²) >= 11 is 1.42. The first-order valence-corrected chi connectivity index (χ1v) is 10.6. The normalized spacial score (nSPS) is 13.7. The molecule has 2 amide bonds. The van der Waals surface area contributed by atoms with Crippen molar-refractivity contribution in [3.8, 4) is 5.75 Å². The average Bonchev–Trinajstić information content (AvgIpc) is 3.35. The number of carbonyl (C=O) groups excluding carboxylic acids is 2. The van der Waals surface area contributed by atoms with Crippen molar-refractivity contribution in [1.29, 1.82) is 0 Å². The molecule has 7 heteroatoms. The number of amides is 2. The molecule has 0 saturated heterocycles. The van der Waals surface area contributed by atoms with Crippen LogP contribution in [-0.4, -0.2) is 33.0 Å². The molecule has 0 fully saturated rings. The van der Waals surface area contributed by atoms with Crippen LogP contribution < -0.4 is 19.9 Å². The molecule has 0 spiro atoms. The van der Waals surface area contributed by atoms with E-state index in [1.807, 2.05) is 79.8 Å². The van der Waals surface area contributed by atoms with Gasteiger partial charge in [-0.05, 0) is 54.3 Å². The number of hydrogen-bond acceptors (Lipinski definition) is 6. The largest absolute Gasteiger partial charge is 0.495 e. The van der Waals surface area contributed by atoms with E-state index >= 15 is 0 Å². The van der Waals surface area contributed by atoms with Gasteiger partial charge in [-0.25, -0.2) is 4.90 Å². The van der Waals surface area contributed by atoms with Gasteiger partial charge in [0.1, 0.15) is 11.4 Å². The van der Waals surface area contributed by atoms with Gasteiger partial charge in [-0.1, -0.05) is 18.2 Å². The molecule has 158 valence electrons. The quantitative estimate of drug-likeness (QED) is 0.579. The number of methoxy groups -OCH3 is 1. The summed E-state index contributed by atoms with van der Waals surface area (Å²) in [6.45, 7) is 1.96. The van der Waals surface area contributed by atoms with Gasteiger partial charge >= 0.3 is 0 Å². The molecule has 1 aliphatic rings. The van der Waals surface area contributed by atoms with Crippen molar-refractivity contribution in [3.05, 3.63) is 76.1 Å². The summed E-state index contributed by atoms with van der Waals surface area (Å²) in [6.07, 6.45) is 0. The minimum absolute atomic E-state index is 0.242. The van der Waals surface area contributed by atoms with Gasteiger partial charge in [0.25, 0.3) is 11.8 Å². The summed E-state index contributed by atoms with van der Waals surface area (Å²) in [5.74, 6) is -0.151. The first-order valence-electron chi connectivity index (χ1n) is 9.76. The number of nitrogens with zero attached hydrogens (tertiary/aromatic N) is 2. The summed E-state index contributed by atoms with van der Waals surface area (Å²) in [6, 6.07) is 16.7. The summed E-state index contributed by atoms with van der Waals surface area (Å²) < 4.78 is 5.45. The zero-order chi connectivity index (χ0) is 22.1. The molecular weight excluding hydrogens is 410 g/mol. The Morgan fingerprint density at radius 1 is 1.00 bits per heavy atom. The standard InChI is InChI=1S/C24H23N3O3S/c1-15-10-11-19(30-4)18(13-15)25-22-21(20-9-6-12-31-20)23(28)27(24(22)29)17-8-5-7-16(14-17)26(2)3/h5-14,25H,1-4H3. The summed E-state index contributed by atoms with van der Waals surface area (Å²) in [7, 11) is 5.41. The Morgan fingerprint density at radius 3 is 2.48 bits per heavy atom. The molecule has 1 N–H and O–H groups in total. The van der Waals surface area contributed by atoms with Crippen LogP contribution in [0.4, 0.5) is 17.1 Å². The van der Waals surface area contributed by atoms with Crippen LogP contribution in [0.15, 0.2) is 65.7 Å². The zero-order valence-electron chi connectivity index (χ0n) is 17.8. The van der Waals surface area contributed by atoms with Gasteiger partial charge in [0.05, 0.1) is 24.1 Å². The third kappa shape index (κ3) is 3.80. The SMILES string of the molecule is COc1ccc(C)cc1NC1=C(c2cccs2)C(=O)N(c2cccc(N(C)C)c2)C1=O. The fourth-order valence-corrected chi connectivity index (χ4v) is 4.26. The van der Waals surface area contributed by atoms with Crippen molar-refractivity contribution >= 4 is 45.8 Å². The van der Waals surface area contributed by atoms with Crippen LogP contribution >= 0.6 is 11.3 Å². The van der Waals surface area contributed by atoms with E-state index in [-0.39, 0.29) is 11.6 Å². The molecular formula is C24H23N3O3S. The van der Waals surface area contributed by atoms with Gasteiger partial charge in [0, 0.05) is 24.7 Å².